The van der Waals surface area contributed by atoms with Crippen LogP contribution in [0.1, 0.15) is 16.7 Å². The highest BCUT2D eigenvalue weighted by molar-refractivity contribution is 7.93. The fraction of sp³-hybridized carbons (Fsp3) is 0.174. The molecule has 0 fully saturated rings. The Morgan fingerprint density at radius 1 is 0.933 bits per heavy atom. The smallest absolute Gasteiger partial charge is 0.278 e. The highest BCUT2D eigenvalue weighted by Crippen LogP contribution is 2.27. The van der Waals surface area contributed by atoms with Crippen molar-refractivity contribution < 1.29 is 17.9 Å². The van der Waals surface area contributed by atoms with Crippen molar-refractivity contribution in [1.29, 1.82) is 0 Å². The molecular weight excluding hydrogens is 422 g/mol. The van der Waals surface area contributed by atoms with Crippen LogP contribution in [-0.4, -0.2) is 20.9 Å². The van der Waals surface area contributed by atoms with Crippen molar-refractivity contribution in [3.63, 3.8) is 0 Å². The lowest BCUT2D eigenvalue weighted by Gasteiger charge is -2.23. The Bertz CT molecular complexity index is 1140. The predicted molar refractivity (Wildman–Crippen MR) is 119 cm³/mol. The van der Waals surface area contributed by atoms with Crippen LogP contribution in [0.25, 0.3) is 0 Å². The summed E-state index contributed by atoms with van der Waals surface area (Å²) in [7, 11) is -4.11. The molecule has 0 aliphatic rings. The summed E-state index contributed by atoms with van der Waals surface area (Å²) in [6.45, 7) is 5.11. The number of amides is 1. The van der Waals surface area contributed by atoms with Gasteiger partial charge in [0, 0.05) is 5.02 Å². The van der Waals surface area contributed by atoms with E-state index in [-0.39, 0.29) is 10.6 Å². The Balaban J connectivity index is 1.94. The first-order valence-corrected chi connectivity index (χ1v) is 11.1. The number of hydrogen-bond acceptors (Lipinski definition) is 4. The van der Waals surface area contributed by atoms with E-state index in [1.807, 2.05) is 20.8 Å². The summed E-state index contributed by atoms with van der Waals surface area (Å²) in [4.78, 5) is 13.1. The van der Waals surface area contributed by atoms with Crippen LogP contribution in [0.5, 0.6) is 5.75 Å². The molecule has 0 N–H and O–H groups in total. The maximum atomic E-state index is 13.3. The molecule has 0 bridgehead atoms. The van der Waals surface area contributed by atoms with Crippen molar-refractivity contribution in [3.05, 3.63) is 88.4 Å². The number of anilines is 1. The summed E-state index contributed by atoms with van der Waals surface area (Å²) in [5.74, 6) is -0.253. The van der Waals surface area contributed by atoms with Crippen LogP contribution in [0.4, 0.5) is 5.69 Å². The van der Waals surface area contributed by atoms with Gasteiger partial charge in [0.15, 0.2) is 6.61 Å². The molecule has 156 valence electrons. The highest BCUT2D eigenvalue weighted by atomic mass is 35.5. The molecule has 0 radical (unpaired) electrons. The fourth-order valence-corrected chi connectivity index (χ4v) is 4.53. The lowest BCUT2D eigenvalue weighted by Crippen LogP contribution is -2.40. The number of aryl methyl sites for hydroxylation is 3. The Morgan fingerprint density at radius 3 is 2.07 bits per heavy atom. The van der Waals surface area contributed by atoms with Gasteiger partial charge in [-0.3, -0.25) is 4.79 Å². The molecule has 0 saturated heterocycles. The number of benzene rings is 3. The Morgan fingerprint density at radius 2 is 1.50 bits per heavy atom. The number of ether oxygens (including phenoxy) is 1. The molecule has 3 aromatic rings. The lowest BCUT2D eigenvalue weighted by atomic mass is 10.1. The molecule has 0 unspecified atom stereocenters. The quantitative estimate of drug-likeness (QED) is 0.533. The summed E-state index contributed by atoms with van der Waals surface area (Å²) in [6, 6.07) is 18.0. The van der Waals surface area contributed by atoms with Crippen LogP contribution >= 0.6 is 11.6 Å². The minimum atomic E-state index is -4.11. The van der Waals surface area contributed by atoms with Gasteiger partial charge in [0.1, 0.15) is 5.75 Å². The predicted octanol–water partition coefficient (Wildman–Crippen LogP) is 5.07. The molecule has 5 nitrogen and oxygen atoms in total. The van der Waals surface area contributed by atoms with Crippen molar-refractivity contribution in [1.82, 2.24) is 0 Å². The number of halogens is 1. The van der Waals surface area contributed by atoms with Crippen LogP contribution in [0.2, 0.25) is 5.02 Å². The minimum absolute atomic E-state index is 0.0251. The van der Waals surface area contributed by atoms with Gasteiger partial charge < -0.3 is 4.74 Å². The van der Waals surface area contributed by atoms with Gasteiger partial charge in [-0.2, -0.15) is 4.31 Å². The number of carbonyl (C=O) groups is 1. The van der Waals surface area contributed by atoms with E-state index in [1.54, 1.807) is 54.6 Å². The summed E-state index contributed by atoms with van der Waals surface area (Å²) in [6.07, 6.45) is 0. The maximum absolute atomic E-state index is 13.3. The van der Waals surface area contributed by atoms with Crippen molar-refractivity contribution >= 4 is 33.2 Å². The Hall–Kier alpha value is -2.83. The molecular formula is C23H22ClNO4S. The van der Waals surface area contributed by atoms with Gasteiger partial charge in [-0.15, -0.1) is 0 Å². The highest BCUT2D eigenvalue weighted by Gasteiger charge is 2.31. The first-order valence-electron chi connectivity index (χ1n) is 9.29. The van der Waals surface area contributed by atoms with E-state index in [9.17, 15) is 13.2 Å². The third-order valence-electron chi connectivity index (χ3n) is 4.55. The van der Waals surface area contributed by atoms with Crippen LogP contribution in [0.15, 0.2) is 71.6 Å². The molecule has 3 rings (SSSR count). The molecule has 0 aliphatic heterocycles. The summed E-state index contributed by atoms with van der Waals surface area (Å²) in [5.41, 5.74) is 2.82. The van der Waals surface area contributed by atoms with Crippen LogP contribution < -0.4 is 9.04 Å². The molecule has 1 amide bonds. The SMILES string of the molecule is Cc1ccc(N(C(=O)COc2cc(C)c(Cl)c(C)c2)S(=O)(=O)c2ccccc2)cc1. The third-order valence-corrected chi connectivity index (χ3v) is 6.91. The van der Waals surface area contributed by atoms with Crippen molar-refractivity contribution in [2.24, 2.45) is 0 Å². The number of nitrogens with zero attached hydrogens (tertiary/aromatic N) is 1. The first kappa shape index (κ1) is 21.9. The normalized spacial score (nSPS) is 11.2. The van der Waals surface area contributed by atoms with Gasteiger partial charge in [-0.25, -0.2) is 8.42 Å². The van der Waals surface area contributed by atoms with Crippen molar-refractivity contribution in [2.45, 2.75) is 25.7 Å². The number of carbonyl (C=O) groups excluding carboxylic acids is 1. The zero-order valence-corrected chi connectivity index (χ0v) is 18.5. The Labute approximate surface area is 181 Å². The number of sulfonamides is 1. The summed E-state index contributed by atoms with van der Waals surface area (Å²) < 4.78 is 32.9. The second-order valence-corrected chi connectivity index (χ2v) is 9.14. The third kappa shape index (κ3) is 4.66. The summed E-state index contributed by atoms with van der Waals surface area (Å²) in [5, 5.41) is 0.626. The van der Waals surface area contributed by atoms with E-state index in [1.165, 1.54) is 12.1 Å². The van der Waals surface area contributed by atoms with Gasteiger partial charge in [-0.1, -0.05) is 47.5 Å². The largest absolute Gasteiger partial charge is 0.484 e. The second kappa shape index (κ2) is 8.90. The standard InChI is InChI=1S/C23H22ClNO4S/c1-16-9-11-19(12-10-16)25(30(27,28)21-7-5-4-6-8-21)22(26)15-29-20-13-17(2)23(24)18(3)14-20/h4-14H,15H2,1-3H3. The van der Waals surface area contributed by atoms with Crippen molar-refractivity contribution in [2.75, 3.05) is 10.9 Å². The first-order chi connectivity index (χ1) is 14.2. The topological polar surface area (TPSA) is 63.7 Å². The molecule has 0 atom stereocenters. The molecule has 3 aromatic carbocycles. The second-order valence-electron chi connectivity index (χ2n) is 6.97. The summed E-state index contributed by atoms with van der Waals surface area (Å²) >= 11 is 6.17. The van der Waals surface area contributed by atoms with Gasteiger partial charge >= 0.3 is 0 Å². The molecule has 0 aromatic heterocycles. The molecule has 30 heavy (non-hydrogen) atoms. The molecule has 0 spiro atoms. The zero-order chi connectivity index (χ0) is 21.9. The van der Waals surface area contributed by atoms with Crippen LogP contribution in [0.3, 0.4) is 0 Å². The van der Waals surface area contributed by atoms with Crippen LogP contribution in [-0.2, 0) is 14.8 Å². The lowest BCUT2D eigenvalue weighted by molar-refractivity contribution is -0.119. The fourth-order valence-electron chi connectivity index (χ4n) is 2.99. The van der Waals surface area contributed by atoms with Gasteiger partial charge in [-0.05, 0) is 68.3 Å². The minimum Gasteiger partial charge on any atom is -0.484 e. The molecule has 7 heteroatoms. The van der Waals surface area contributed by atoms with E-state index in [0.717, 1.165) is 21.0 Å². The van der Waals surface area contributed by atoms with E-state index in [0.29, 0.717) is 10.8 Å². The average molecular weight is 444 g/mol. The molecule has 0 heterocycles. The monoisotopic (exact) mass is 443 g/mol. The van der Waals surface area contributed by atoms with Gasteiger partial charge in [0.2, 0.25) is 0 Å². The Kier molecular flexibility index (Phi) is 6.48. The zero-order valence-electron chi connectivity index (χ0n) is 16.9. The molecule has 0 saturated carbocycles. The average Bonchev–Trinajstić information content (AvgIpc) is 2.72. The van der Waals surface area contributed by atoms with E-state index in [2.05, 4.69) is 0 Å². The maximum Gasteiger partial charge on any atom is 0.278 e. The van der Waals surface area contributed by atoms with E-state index < -0.39 is 22.5 Å². The number of rotatable bonds is 6. The molecule has 0 aliphatic carbocycles. The van der Waals surface area contributed by atoms with E-state index >= 15 is 0 Å². The number of hydrogen-bond donors (Lipinski definition) is 0. The van der Waals surface area contributed by atoms with Gasteiger partial charge in [0.25, 0.3) is 15.9 Å². The van der Waals surface area contributed by atoms with Crippen molar-refractivity contribution in [3.8, 4) is 5.75 Å². The van der Waals surface area contributed by atoms with E-state index in [4.69, 9.17) is 16.3 Å². The van der Waals surface area contributed by atoms with Gasteiger partial charge in [0.05, 0.1) is 10.6 Å². The van der Waals surface area contributed by atoms with Crippen LogP contribution in [0, 0.1) is 20.8 Å².